The summed E-state index contributed by atoms with van der Waals surface area (Å²) in [4.78, 5) is 11.4. The molecule has 1 unspecified atom stereocenters. The first kappa shape index (κ1) is 10.9. The van der Waals surface area contributed by atoms with Gasteiger partial charge in [-0.1, -0.05) is 30.0 Å². The van der Waals surface area contributed by atoms with Crippen molar-refractivity contribution in [1.29, 1.82) is 0 Å². The summed E-state index contributed by atoms with van der Waals surface area (Å²) < 4.78 is 4.88. The number of hydrogen-bond donors (Lipinski definition) is 0. The van der Waals surface area contributed by atoms with Crippen molar-refractivity contribution in [1.82, 2.24) is 0 Å². The topological polar surface area (TPSA) is 26.3 Å². The summed E-state index contributed by atoms with van der Waals surface area (Å²) in [6.07, 6.45) is 1.67. The molecule has 1 aliphatic rings. The van der Waals surface area contributed by atoms with Gasteiger partial charge in [0.2, 0.25) is 0 Å². The first-order valence-electron chi connectivity index (χ1n) is 5.42. The third-order valence-corrected chi connectivity index (χ3v) is 2.84. The van der Waals surface area contributed by atoms with E-state index in [1.54, 1.807) is 7.11 Å². The normalized spacial score (nSPS) is 18.6. The highest BCUT2D eigenvalue weighted by Crippen LogP contribution is 2.34. The second-order valence-electron chi connectivity index (χ2n) is 3.88. The van der Waals surface area contributed by atoms with Crippen LogP contribution in [0.4, 0.5) is 0 Å². The van der Waals surface area contributed by atoms with E-state index < -0.39 is 0 Å². The van der Waals surface area contributed by atoms with Crippen LogP contribution in [-0.4, -0.2) is 19.5 Å². The van der Waals surface area contributed by atoms with Gasteiger partial charge < -0.3 is 4.74 Å². The summed E-state index contributed by atoms with van der Waals surface area (Å²) in [5, 5.41) is 0. The number of hydrogen-bond acceptors (Lipinski definition) is 2. The Morgan fingerprint density at radius 3 is 2.88 bits per heavy atom. The SMILES string of the molecule is COCC#Cc1ccccc1C1CCC1=O. The standard InChI is InChI=1S/C14H14O2/c1-16-10-4-6-11-5-2-3-7-12(11)13-8-9-14(13)15/h2-3,5,7,13H,8-10H2,1H3. The van der Waals surface area contributed by atoms with Crippen LogP contribution >= 0.6 is 0 Å². The lowest BCUT2D eigenvalue weighted by atomic mass is 9.77. The number of carbonyl (C=O) groups excluding carboxylic acids is 1. The minimum absolute atomic E-state index is 0.0769. The first-order valence-corrected chi connectivity index (χ1v) is 5.42. The molecule has 2 rings (SSSR count). The lowest BCUT2D eigenvalue weighted by Crippen LogP contribution is -2.23. The highest BCUT2D eigenvalue weighted by Gasteiger charge is 2.30. The molecule has 0 aromatic heterocycles. The van der Waals surface area contributed by atoms with Crippen molar-refractivity contribution >= 4 is 5.78 Å². The summed E-state index contributed by atoms with van der Waals surface area (Å²) in [6, 6.07) is 7.87. The monoisotopic (exact) mass is 214 g/mol. The van der Waals surface area contributed by atoms with E-state index in [-0.39, 0.29) is 5.92 Å². The molecule has 82 valence electrons. The fourth-order valence-electron chi connectivity index (χ4n) is 1.85. The predicted molar refractivity (Wildman–Crippen MR) is 62.2 cm³/mol. The molecule has 16 heavy (non-hydrogen) atoms. The molecule has 1 saturated carbocycles. The summed E-state index contributed by atoms with van der Waals surface area (Å²) in [6.45, 7) is 0.424. The zero-order chi connectivity index (χ0) is 11.4. The van der Waals surface area contributed by atoms with Crippen LogP contribution < -0.4 is 0 Å². The van der Waals surface area contributed by atoms with Gasteiger partial charge >= 0.3 is 0 Å². The molecule has 2 heteroatoms. The maximum Gasteiger partial charge on any atom is 0.140 e. The fraction of sp³-hybridized carbons (Fsp3) is 0.357. The number of methoxy groups -OCH3 is 1. The van der Waals surface area contributed by atoms with Crippen molar-refractivity contribution in [3.63, 3.8) is 0 Å². The van der Waals surface area contributed by atoms with Crippen LogP contribution in [0.25, 0.3) is 0 Å². The van der Waals surface area contributed by atoms with Gasteiger partial charge in [0.25, 0.3) is 0 Å². The fourth-order valence-corrected chi connectivity index (χ4v) is 1.85. The molecule has 2 nitrogen and oxygen atoms in total. The van der Waals surface area contributed by atoms with Gasteiger partial charge in [-0.25, -0.2) is 0 Å². The molecule has 0 amide bonds. The van der Waals surface area contributed by atoms with Crippen LogP contribution in [0.15, 0.2) is 24.3 Å². The molecule has 0 heterocycles. The maximum absolute atomic E-state index is 11.4. The summed E-state index contributed by atoms with van der Waals surface area (Å²) >= 11 is 0. The van der Waals surface area contributed by atoms with Crippen LogP contribution in [-0.2, 0) is 9.53 Å². The Morgan fingerprint density at radius 2 is 2.25 bits per heavy atom. The van der Waals surface area contributed by atoms with Gasteiger partial charge in [-0.2, -0.15) is 0 Å². The zero-order valence-corrected chi connectivity index (χ0v) is 9.32. The van der Waals surface area contributed by atoms with Gasteiger partial charge in [0.15, 0.2) is 0 Å². The summed E-state index contributed by atoms with van der Waals surface area (Å²) in [5.74, 6) is 6.39. The van der Waals surface area contributed by atoms with E-state index in [4.69, 9.17) is 4.74 Å². The van der Waals surface area contributed by atoms with Gasteiger partial charge in [0, 0.05) is 25.0 Å². The summed E-state index contributed by atoms with van der Waals surface area (Å²) in [7, 11) is 1.62. The molecule has 0 bridgehead atoms. The van der Waals surface area contributed by atoms with Crippen molar-refractivity contribution < 1.29 is 9.53 Å². The van der Waals surface area contributed by atoms with E-state index in [2.05, 4.69) is 11.8 Å². The van der Waals surface area contributed by atoms with E-state index >= 15 is 0 Å². The molecule has 1 aromatic rings. The Balaban J connectivity index is 2.24. The number of ketones is 1. The lowest BCUT2D eigenvalue weighted by Gasteiger charge is -2.25. The molecule has 0 N–H and O–H groups in total. The second-order valence-corrected chi connectivity index (χ2v) is 3.88. The molecule has 0 radical (unpaired) electrons. The Hall–Kier alpha value is -1.59. The molecule has 0 spiro atoms. The molecule has 0 aliphatic heterocycles. The predicted octanol–water partition coefficient (Wildman–Crippen LogP) is 2.13. The van der Waals surface area contributed by atoms with Gasteiger partial charge in [-0.3, -0.25) is 4.79 Å². The highest BCUT2D eigenvalue weighted by atomic mass is 16.5. The number of Topliss-reactive ketones (excluding diaryl/α,β-unsaturated/α-hetero) is 1. The van der Waals surface area contributed by atoms with Crippen molar-refractivity contribution in [2.45, 2.75) is 18.8 Å². The van der Waals surface area contributed by atoms with Crippen molar-refractivity contribution in [2.75, 3.05) is 13.7 Å². The minimum Gasteiger partial charge on any atom is -0.372 e. The van der Waals surface area contributed by atoms with Crippen LogP contribution in [0.3, 0.4) is 0 Å². The van der Waals surface area contributed by atoms with Gasteiger partial charge in [0.1, 0.15) is 12.4 Å². The Bertz CT molecular complexity index is 451. The van der Waals surface area contributed by atoms with Crippen LogP contribution in [0.5, 0.6) is 0 Å². The summed E-state index contributed by atoms with van der Waals surface area (Å²) in [5.41, 5.74) is 2.03. The number of rotatable bonds is 2. The number of ether oxygens (including phenoxy) is 1. The van der Waals surface area contributed by atoms with Gasteiger partial charge in [-0.15, -0.1) is 0 Å². The van der Waals surface area contributed by atoms with Crippen molar-refractivity contribution in [2.24, 2.45) is 0 Å². The van der Waals surface area contributed by atoms with Crippen molar-refractivity contribution in [3.05, 3.63) is 35.4 Å². The quantitative estimate of drug-likeness (QED) is 0.705. The minimum atomic E-state index is 0.0769. The van der Waals surface area contributed by atoms with E-state index in [1.165, 1.54) is 0 Å². The largest absolute Gasteiger partial charge is 0.372 e. The number of benzene rings is 1. The Kier molecular flexibility index (Phi) is 3.38. The smallest absolute Gasteiger partial charge is 0.140 e. The highest BCUT2D eigenvalue weighted by molar-refractivity contribution is 5.91. The van der Waals surface area contributed by atoms with Gasteiger partial charge in [0.05, 0.1) is 0 Å². The molecule has 1 fully saturated rings. The molecular weight excluding hydrogens is 200 g/mol. The van der Waals surface area contributed by atoms with Crippen LogP contribution in [0, 0.1) is 11.8 Å². The van der Waals surface area contributed by atoms with Crippen molar-refractivity contribution in [3.8, 4) is 11.8 Å². The third kappa shape index (κ3) is 2.15. The molecule has 0 saturated heterocycles. The van der Waals surface area contributed by atoms with E-state index in [0.29, 0.717) is 18.8 Å². The second kappa shape index (κ2) is 4.96. The molecule has 1 aliphatic carbocycles. The van der Waals surface area contributed by atoms with E-state index in [0.717, 1.165) is 17.5 Å². The zero-order valence-electron chi connectivity index (χ0n) is 9.32. The Labute approximate surface area is 95.6 Å². The van der Waals surface area contributed by atoms with E-state index in [9.17, 15) is 4.79 Å². The van der Waals surface area contributed by atoms with Gasteiger partial charge in [-0.05, 0) is 18.1 Å². The molecule has 1 atom stereocenters. The molecular formula is C14H14O2. The average Bonchev–Trinajstić information content (AvgIpc) is 2.30. The first-order chi connectivity index (χ1) is 7.83. The number of carbonyl (C=O) groups is 1. The third-order valence-electron chi connectivity index (χ3n) is 2.84. The van der Waals surface area contributed by atoms with Crippen LogP contribution in [0.2, 0.25) is 0 Å². The maximum atomic E-state index is 11.4. The average molecular weight is 214 g/mol. The Morgan fingerprint density at radius 1 is 1.44 bits per heavy atom. The molecule has 1 aromatic carbocycles. The van der Waals surface area contributed by atoms with E-state index in [1.807, 2.05) is 24.3 Å². The lowest BCUT2D eigenvalue weighted by molar-refractivity contribution is -0.125. The van der Waals surface area contributed by atoms with Crippen LogP contribution in [0.1, 0.15) is 29.9 Å².